The molecule has 2 N–H and O–H groups in total. The summed E-state index contributed by atoms with van der Waals surface area (Å²) in [4.78, 5) is 18.2. The molecule has 0 radical (unpaired) electrons. The number of aromatic nitrogens is 1. The topological polar surface area (TPSA) is 83.9 Å². The van der Waals surface area contributed by atoms with Gasteiger partial charge in [0.2, 0.25) is 5.88 Å². The molecule has 3 rings (SSSR count). The fourth-order valence-electron chi connectivity index (χ4n) is 3.28. The van der Waals surface area contributed by atoms with Gasteiger partial charge < -0.3 is 24.8 Å². The van der Waals surface area contributed by atoms with Crippen molar-refractivity contribution in [2.45, 2.75) is 50.9 Å². The number of aliphatic hydroxyl groups is 1. The minimum Gasteiger partial charge on any atom is -0.474 e. The number of morpholine rings is 1. The quantitative estimate of drug-likeness (QED) is 0.845. The van der Waals surface area contributed by atoms with Crippen molar-refractivity contribution in [1.82, 2.24) is 15.2 Å². The number of hydrogen-bond donors (Lipinski definition) is 2. The van der Waals surface area contributed by atoms with E-state index in [1.54, 1.807) is 11.1 Å². The highest BCUT2D eigenvalue weighted by Crippen LogP contribution is 2.22. The van der Waals surface area contributed by atoms with Gasteiger partial charge in [-0.1, -0.05) is 6.42 Å². The maximum Gasteiger partial charge on any atom is 0.317 e. The Morgan fingerprint density at radius 1 is 1.40 bits per heavy atom. The van der Waals surface area contributed by atoms with Crippen LogP contribution >= 0.6 is 0 Å². The van der Waals surface area contributed by atoms with E-state index in [4.69, 9.17) is 14.6 Å². The van der Waals surface area contributed by atoms with Crippen molar-refractivity contribution in [3.63, 3.8) is 0 Å². The Kier molecular flexibility index (Phi) is 6.47. The van der Waals surface area contributed by atoms with Gasteiger partial charge in [0.1, 0.15) is 6.10 Å². The summed E-state index contributed by atoms with van der Waals surface area (Å²) in [5.41, 5.74) is 0.959. The monoisotopic (exact) mass is 349 g/mol. The normalized spacial score (nSPS) is 21.8. The molecular formula is C18H27N3O4. The number of carbonyl (C=O) groups excluding carboxylic acids is 1. The number of pyridine rings is 1. The Labute approximate surface area is 148 Å². The van der Waals surface area contributed by atoms with Crippen LogP contribution in [0.25, 0.3) is 0 Å². The highest BCUT2D eigenvalue weighted by molar-refractivity contribution is 5.74. The van der Waals surface area contributed by atoms with E-state index >= 15 is 0 Å². The van der Waals surface area contributed by atoms with E-state index in [0.29, 0.717) is 32.1 Å². The third-order valence-electron chi connectivity index (χ3n) is 4.71. The molecule has 138 valence electrons. The molecule has 0 bridgehead atoms. The van der Waals surface area contributed by atoms with Gasteiger partial charge in [-0.3, -0.25) is 0 Å². The Morgan fingerprint density at radius 2 is 2.24 bits per heavy atom. The maximum absolute atomic E-state index is 12.3. The lowest BCUT2D eigenvalue weighted by Crippen LogP contribution is -2.50. The molecule has 2 amide bonds. The van der Waals surface area contributed by atoms with Gasteiger partial charge in [0.15, 0.2) is 0 Å². The van der Waals surface area contributed by atoms with Crippen molar-refractivity contribution in [3.05, 3.63) is 23.9 Å². The number of urea groups is 1. The Hall–Kier alpha value is -1.86. The SMILES string of the molecule is O=C(NCc1ccnc(OC2CCCCC2)c1)N1CCOC(CO)C1. The van der Waals surface area contributed by atoms with Crippen molar-refractivity contribution in [1.29, 1.82) is 0 Å². The Balaban J connectivity index is 1.49. The van der Waals surface area contributed by atoms with Gasteiger partial charge in [0, 0.05) is 25.4 Å². The lowest BCUT2D eigenvalue weighted by atomic mass is 9.98. The van der Waals surface area contributed by atoms with Crippen LogP contribution in [0, 0.1) is 0 Å². The minimum absolute atomic E-state index is 0.0734. The number of nitrogens with one attached hydrogen (secondary N) is 1. The first-order valence-electron chi connectivity index (χ1n) is 9.11. The number of amides is 2. The molecular weight excluding hydrogens is 322 g/mol. The van der Waals surface area contributed by atoms with Gasteiger partial charge in [-0.15, -0.1) is 0 Å². The van der Waals surface area contributed by atoms with Crippen molar-refractivity contribution in [3.8, 4) is 5.88 Å². The molecule has 2 heterocycles. The van der Waals surface area contributed by atoms with Crippen molar-refractivity contribution < 1.29 is 19.4 Å². The summed E-state index contributed by atoms with van der Waals surface area (Å²) in [5, 5.41) is 12.1. The zero-order chi connectivity index (χ0) is 17.5. The molecule has 25 heavy (non-hydrogen) atoms. The molecule has 1 unspecified atom stereocenters. The number of hydrogen-bond acceptors (Lipinski definition) is 5. The third kappa shape index (κ3) is 5.31. The summed E-state index contributed by atoms with van der Waals surface area (Å²) < 4.78 is 11.3. The second-order valence-electron chi connectivity index (χ2n) is 6.66. The molecule has 1 aromatic heterocycles. The van der Waals surface area contributed by atoms with Crippen LogP contribution in [0.4, 0.5) is 4.79 Å². The molecule has 1 aromatic rings. The van der Waals surface area contributed by atoms with E-state index in [1.165, 1.54) is 19.3 Å². The number of aliphatic hydroxyl groups excluding tert-OH is 1. The van der Waals surface area contributed by atoms with E-state index in [2.05, 4.69) is 10.3 Å². The maximum atomic E-state index is 12.3. The number of nitrogens with zero attached hydrogens (tertiary/aromatic N) is 2. The lowest BCUT2D eigenvalue weighted by Gasteiger charge is -2.32. The van der Waals surface area contributed by atoms with Gasteiger partial charge in [0.05, 0.1) is 25.9 Å². The summed E-state index contributed by atoms with van der Waals surface area (Å²) in [6, 6.07) is 3.63. The summed E-state index contributed by atoms with van der Waals surface area (Å²) in [7, 11) is 0. The number of rotatable bonds is 5. The van der Waals surface area contributed by atoms with Crippen LogP contribution in [0.1, 0.15) is 37.7 Å². The Bertz CT molecular complexity index is 563. The fourth-order valence-corrected chi connectivity index (χ4v) is 3.28. The van der Waals surface area contributed by atoms with Crippen LogP contribution < -0.4 is 10.1 Å². The molecule has 1 atom stereocenters. The van der Waals surface area contributed by atoms with Crippen LogP contribution in [0.5, 0.6) is 5.88 Å². The standard InChI is InChI=1S/C18H27N3O4/c22-13-16-12-21(8-9-24-16)18(23)20-11-14-6-7-19-17(10-14)25-15-4-2-1-3-5-15/h6-7,10,15-16,22H,1-5,8-9,11-13H2,(H,20,23). The summed E-state index contributed by atoms with van der Waals surface area (Å²) in [6.45, 7) is 1.75. The first-order valence-corrected chi connectivity index (χ1v) is 9.11. The molecule has 2 fully saturated rings. The van der Waals surface area contributed by atoms with Crippen LogP contribution in [0.3, 0.4) is 0 Å². The first kappa shape index (κ1) is 17.9. The second kappa shape index (κ2) is 9.01. The highest BCUT2D eigenvalue weighted by atomic mass is 16.5. The van der Waals surface area contributed by atoms with Crippen LogP contribution in [0.15, 0.2) is 18.3 Å². The average molecular weight is 349 g/mol. The minimum atomic E-state index is -0.295. The summed E-state index contributed by atoms with van der Waals surface area (Å²) in [6.07, 6.45) is 7.58. The van der Waals surface area contributed by atoms with E-state index in [-0.39, 0.29) is 24.8 Å². The van der Waals surface area contributed by atoms with Gasteiger partial charge >= 0.3 is 6.03 Å². The van der Waals surface area contributed by atoms with E-state index in [9.17, 15) is 4.79 Å². The van der Waals surface area contributed by atoms with Crippen LogP contribution in [-0.4, -0.2) is 59.5 Å². The lowest BCUT2D eigenvalue weighted by molar-refractivity contribution is -0.0403. The van der Waals surface area contributed by atoms with Gasteiger partial charge in [0.25, 0.3) is 0 Å². The highest BCUT2D eigenvalue weighted by Gasteiger charge is 2.23. The summed E-state index contributed by atoms with van der Waals surface area (Å²) >= 11 is 0. The van der Waals surface area contributed by atoms with Crippen LogP contribution in [0.2, 0.25) is 0 Å². The van der Waals surface area contributed by atoms with Crippen molar-refractivity contribution >= 4 is 6.03 Å². The predicted octanol–water partition coefficient (Wildman–Crippen LogP) is 1.70. The fraction of sp³-hybridized carbons (Fsp3) is 0.667. The number of ether oxygens (including phenoxy) is 2. The largest absolute Gasteiger partial charge is 0.474 e. The molecule has 2 aliphatic rings. The molecule has 1 saturated heterocycles. The van der Waals surface area contributed by atoms with E-state index < -0.39 is 0 Å². The van der Waals surface area contributed by atoms with Crippen LogP contribution in [-0.2, 0) is 11.3 Å². The van der Waals surface area contributed by atoms with Gasteiger partial charge in [-0.2, -0.15) is 0 Å². The third-order valence-corrected chi connectivity index (χ3v) is 4.71. The van der Waals surface area contributed by atoms with E-state index in [1.807, 2.05) is 12.1 Å². The zero-order valence-corrected chi connectivity index (χ0v) is 14.5. The van der Waals surface area contributed by atoms with Gasteiger partial charge in [-0.05, 0) is 37.3 Å². The first-order chi connectivity index (χ1) is 12.2. The molecule has 0 aromatic carbocycles. The zero-order valence-electron chi connectivity index (χ0n) is 14.5. The average Bonchev–Trinajstić information content (AvgIpc) is 2.67. The molecule has 7 heteroatoms. The molecule has 1 aliphatic heterocycles. The second-order valence-corrected chi connectivity index (χ2v) is 6.66. The summed E-state index contributed by atoms with van der Waals surface area (Å²) in [5.74, 6) is 0.630. The number of carbonyl (C=O) groups is 1. The molecule has 1 aliphatic carbocycles. The molecule has 1 saturated carbocycles. The van der Waals surface area contributed by atoms with Crippen molar-refractivity contribution in [2.75, 3.05) is 26.3 Å². The van der Waals surface area contributed by atoms with Crippen molar-refractivity contribution in [2.24, 2.45) is 0 Å². The van der Waals surface area contributed by atoms with E-state index in [0.717, 1.165) is 18.4 Å². The van der Waals surface area contributed by atoms with Gasteiger partial charge in [-0.25, -0.2) is 9.78 Å². The molecule has 7 nitrogen and oxygen atoms in total. The molecule has 0 spiro atoms. The smallest absolute Gasteiger partial charge is 0.317 e. The Morgan fingerprint density at radius 3 is 3.04 bits per heavy atom. The predicted molar refractivity (Wildman–Crippen MR) is 92.4 cm³/mol.